The van der Waals surface area contributed by atoms with E-state index < -0.39 is 21.8 Å². The van der Waals surface area contributed by atoms with Gasteiger partial charge in [0.25, 0.3) is 5.78 Å². The molecule has 0 spiro atoms. The second-order valence-corrected chi connectivity index (χ2v) is 10.0. The summed E-state index contributed by atoms with van der Waals surface area (Å²) >= 11 is 6.27. The van der Waals surface area contributed by atoms with Crippen LogP contribution in [0.2, 0.25) is 5.02 Å². The van der Waals surface area contributed by atoms with Gasteiger partial charge in [0.2, 0.25) is 10.0 Å². The van der Waals surface area contributed by atoms with Crippen LogP contribution in [-0.2, 0) is 26.0 Å². The first-order valence-corrected chi connectivity index (χ1v) is 12.8. The molecule has 4 rings (SSSR count). The highest BCUT2D eigenvalue weighted by molar-refractivity contribution is 7.89. The Morgan fingerprint density at radius 3 is 2.53 bits per heavy atom. The second-order valence-electron chi connectivity index (χ2n) is 7.89. The van der Waals surface area contributed by atoms with E-state index >= 15 is 0 Å². The monoisotopic (exact) mass is 526 g/mol. The molecule has 1 heterocycles. The van der Waals surface area contributed by atoms with E-state index in [4.69, 9.17) is 16.3 Å². The number of sulfonamides is 1. The van der Waals surface area contributed by atoms with Crippen molar-refractivity contribution in [3.63, 3.8) is 0 Å². The van der Waals surface area contributed by atoms with E-state index in [1.165, 1.54) is 12.1 Å². The van der Waals surface area contributed by atoms with Gasteiger partial charge in [0.05, 0.1) is 30.5 Å². The van der Waals surface area contributed by atoms with Crippen molar-refractivity contribution in [2.75, 3.05) is 20.8 Å². The predicted molar refractivity (Wildman–Crippen MR) is 137 cm³/mol. The molecular formula is C26H23ClN2O6S. The highest BCUT2D eigenvalue weighted by Crippen LogP contribution is 2.34. The minimum atomic E-state index is -4.00. The van der Waals surface area contributed by atoms with Crippen molar-refractivity contribution in [1.29, 1.82) is 0 Å². The van der Waals surface area contributed by atoms with Gasteiger partial charge in [-0.3, -0.25) is 4.79 Å². The summed E-state index contributed by atoms with van der Waals surface area (Å²) in [6.07, 6.45) is 0.438. The molecule has 10 heteroatoms. The topological polar surface area (TPSA) is 115 Å². The molecule has 0 amide bonds. The SMILES string of the molecule is COC(=O)C(=O)c1c(-c2ccc(Cl)c(S(=O)(=O)NCCc3cccc(OC)c3)c2)[nH]c2ccccc12. The van der Waals surface area contributed by atoms with Gasteiger partial charge in [0.1, 0.15) is 10.6 Å². The first kappa shape index (κ1) is 25.4. The lowest BCUT2D eigenvalue weighted by molar-refractivity contribution is -0.135. The van der Waals surface area contributed by atoms with Gasteiger partial charge in [-0.15, -0.1) is 0 Å². The van der Waals surface area contributed by atoms with E-state index in [0.717, 1.165) is 12.7 Å². The summed E-state index contributed by atoms with van der Waals surface area (Å²) in [5.41, 5.74) is 2.26. The fraction of sp³-hybridized carbons (Fsp3) is 0.154. The summed E-state index contributed by atoms with van der Waals surface area (Å²) < 4.78 is 38.6. The zero-order valence-electron chi connectivity index (χ0n) is 19.5. The summed E-state index contributed by atoms with van der Waals surface area (Å²) in [6.45, 7) is 0.133. The Kier molecular flexibility index (Phi) is 7.44. The number of rotatable bonds is 9. The number of H-pyrrole nitrogens is 1. The number of para-hydroxylation sites is 1. The molecule has 0 aliphatic rings. The van der Waals surface area contributed by atoms with Crippen molar-refractivity contribution in [3.8, 4) is 17.0 Å². The second kappa shape index (κ2) is 10.5. The summed E-state index contributed by atoms with van der Waals surface area (Å²) in [4.78, 5) is 27.9. The van der Waals surface area contributed by atoms with Gasteiger partial charge in [-0.2, -0.15) is 0 Å². The molecule has 0 saturated heterocycles. The first-order valence-electron chi connectivity index (χ1n) is 10.9. The maximum Gasteiger partial charge on any atom is 0.379 e. The van der Waals surface area contributed by atoms with E-state index in [-0.39, 0.29) is 27.7 Å². The van der Waals surface area contributed by atoms with Gasteiger partial charge in [-0.1, -0.05) is 48.0 Å². The van der Waals surface area contributed by atoms with Gasteiger partial charge in [-0.05, 0) is 42.3 Å². The third-order valence-corrected chi connectivity index (χ3v) is 7.60. The van der Waals surface area contributed by atoms with Crippen LogP contribution in [0.5, 0.6) is 5.75 Å². The zero-order chi connectivity index (χ0) is 25.9. The molecule has 8 nitrogen and oxygen atoms in total. The zero-order valence-corrected chi connectivity index (χ0v) is 21.1. The molecule has 0 atom stereocenters. The fourth-order valence-corrected chi connectivity index (χ4v) is 5.44. The molecule has 186 valence electrons. The number of Topliss-reactive ketones (excluding diaryl/α,β-unsaturated/α-hetero) is 1. The molecule has 4 aromatic rings. The Hall–Kier alpha value is -3.66. The minimum Gasteiger partial charge on any atom is -0.497 e. The van der Waals surface area contributed by atoms with Crippen molar-refractivity contribution in [2.45, 2.75) is 11.3 Å². The molecule has 0 bridgehead atoms. The number of aromatic amines is 1. The molecule has 36 heavy (non-hydrogen) atoms. The molecule has 0 aliphatic heterocycles. The average molecular weight is 527 g/mol. The standard InChI is InChI=1S/C26H23ClN2O6S/c1-34-18-7-5-6-16(14-18)12-13-28-36(32,33)22-15-17(10-11-20(22)27)24-23(25(30)26(31)35-2)19-8-3-4-9-21(19)29-24/h3-11,14-15,28-29H,12-13H2,1-2H3. The Morgan fingerprint density at radius 1 is 1.00 bits per heavy atom. The van der Waals surface area contributed by atoms with Gasteiger partial charge in [-0.25, -0.2) is 17.9 Å². The van der Waals surface area contributed by atoms with E-state index in [1.54, 1.807) is 37.4 Å². The third-order valence-electron chi connectivity index (χ3n) is 5.65. The van der Waals surface area contributed by atoms with Crippen LogP contribution < -0.4 is 9.46 Å². The number of benzene rings is 3. The number of esters is 1. The van der Waals surface area contributed by atoms with Gasteiger partial charge < -0.3 is 14.5 Å². The highest BCUT2D eigenvalue weighted by atomic mass is 35.5. The summed E-state index contributed by atoms with van der Waals surface area (Å²) in [5.74, 6) is -1.19. The third kappa shape index (κ3) is 5.13. The normalized spacial score (nSPS) is 11.4. The van der Waals surface area contributed by atoms with Gasteiger partial charge >= 0.3 is 5.97 Å². The van der Waals surface area contributed by atoms with Crippen molar-refractivity contribution < 1.29 is 27.5 Å². The summed E-state index contributed by atoms with van der Waals surface area (Å²) in [6, 6.07) is 18.7. The predicted octanol–water partition coefficient (Wildman–Crippen LogP) is 4.37. The minimum absolute atomic E-state index is 0.0181. The van der Waals surface area contributed by atoms with E-state index in [0.29, 0.717) is 28.6 Å². The number of fused-ring (bicyclic) bond motifs is 1. The number of ketones is 1. The largest absolute Gasteiger partial charge is 0.497 e. The smallest absolute Gasteiger partial charge is 0.379 e. The maximum atomic E-state index is 13.1. The Bertz CT molecular complexity index is 1560. The quantitative estimate of drug-likeness (QED) is 0.190. The lowest BCUT2D eigenvalue weighted by Gasteiger charge is -2.11. The first-order chi connectivity index (χ1) is 17.2. The van der Waals surface area contributed by atoms with E-state index in [2.05, 4.69) is 14.4 Å². The van der Waals surface area contributed by atoms with E-state index in [9.17, 15) is 18.0 Å². The number of carbonyl (C=O) groups excluding carboxylic acids is 2. The number of hydrogen-bond donors (Lipinski definition) is 2. The Morgan fingerprint density at radius 2 is 1.78 bits per heavy atom. The van der Waals surface area contributed by atoms with Crippen LogP contribution in [0.1, 0.15) is 15.9 Å². The number of halogens is 1. The molecule has 0 saturated carbocycles. The van der Waals surface area contributed by atoms with Crippen molar-refractivity contribution >= 4 is 44.3 Å². The Labute approximate surface area is 213 Å². The lowest BCUT2D eigenvalue weighted by Crippen LogP contribution is -2.26. The van der Waals surface area contributed by atoms with Crippen LogP contribution in [0.15, 0.2) is 71.6 Å². The molecular weight excluding hydrogens is 504 g/mol. The molecule has 0 fully saturated rings. The van der Waals surface area contributed by atoms with Crippen molar-refractivity contribution in [1.82, 2.24) is 9.71 Å². The number of methoxy groups -OCH3 is 2. The van der Waals surface area contributed by atoms with Crippen LogP contribution in [0.25, 0.3) is 22.2 Å². The van der Waals surface area contributed by atoms with Crippen molar-refractivity contribution in [2.24, 2.45) is 0 Å². The van der Waals surface area contributed by atoms with E-state index in [1.807, 2.05) is 24.3 Å². The Balaban J connectivity index is 1.68. The molecule has 3 aromatic carbocycles. The maximum absolute atomic E-state index is 13.1. The molecule has 2 N–H and O–H groups in total. The molecule has 0 unspecified atom stereocenters. The van der Waals surface area contributed by atoms with Crippen LogP contribution in [-0.4, -0.2) is 45.9 Å². The highest BCUT2D eigenvalue weighted by Gasteiger charge is 2.27. The molecule has 0 aliphatic carbocycles. The summed E-state index contributed by atoms with van der Waals surface area (Å²) in [7, 11) is -1.31. The van der Waals surface area contributed by atoms with Crippen LogP contribution in [0.3, 0.4) is 0 Å². The fourth-order valence-electron chi connectivity index (χ4n) is 3.89. The number of hydrogen-bond acceptors (Lipinski definition) is 6. The van der Waals surface area contributed by atoms with Crippen molar-refractivity contribution in [3.05, 3.63) is 82.9 Å². The summed E-state index contributed by atoms with van der Waals surface area (Å²) in [5, 5.41) is 0.531. The van der Waals surface area contributed by atoms with Crippen LogP contribution >= 0.6 is 11.6 Å². The van der Waals surface area contributed by atoms with Gasteiger partial charge in [0.15, 0.2) is 0 Å². The number of aromatic nitrogens is 1. The molecule has 1 aromatic heterocycles. The van der Waals surface area contributed by atoms with Gasteiger partial charge in [0, 0.05) is 23.0 Å². The average Bonchev–Trinajstić information content (AvgIpc) is 3.27. The number of carbonyl (C=O) groups is 2. The number of ether oxygens (including phenoxy) is 2. The molecule has 0 radical (unpaired) electrons. The van der Waals surface area contributed by atoms with Crippen LogP contribution in [0, 0.1) is 0 Å². The van der Waals surface area contributed by atoms with Crippen LogP contribution in [0.4, 0.5) is 0 Å². The number of nitrogens with one attached hydrogen (secondary N) is 2. The lowest BCUT2D eigenvalue weighted by atomic mass is 10.0.